The van der Waals surface area contributed by atoms with Crippen molar-refractivity contribution in [3.05, 3.63) is 24.3 Å². The van der Waals surface area contributed by atoms with Crippen LogP contribution in [0.5, 0.6) is 0 Å². The predicted octanol–water partition coefficient (Wildman–Crippen LogP) is 2.56. The molecule has 0 heterocycles. The van der Waals surface area contributed by atoms with Gasteiger partial charge in [0.2, 0.25) is 0 Å². The largest absolute Gasteiger partial charge is 0.383 e. The number of nitrogens with zero attached hydrogens (tertiary/aromatic N) is 1. The summed E-state index contributed by atoms with van der Waals surface area (Å²) >= 11 is 1.08. The van der Waals surface area contributed by atoms with Crippen LogP contribution in [0.15, 0.2) is 29.2 Å². The van der Waals surface area contributed by atoms with Crippen LogP contribution in [0.3, 0.4) is 0 Å². The Morgan fingerprint density at radius 2 is 2.10 bits per heavy atom. The van der Waals surface area contributed by atoms with Crippen molar-refractivity contribution in [1.82, 2.24) is 4.90 Å². The van der Waals surface area contributed by atoms with E-state index in [2.05, 4.69) is 5.32 Å². The van der Waals surface area contributed by atoms with Crippen molar-refractivity contribution in [2.24, 2.45) is 0 Å². The fourth-order valence-electron chi connectivity index (χ4n) is 1.46. The molecular formula is C14H20N2O3S. The second-order valence-electron chi connectivity index (χ2n) is 4.58. The lowest BCUT2D eigenvalue weighted by Gasteiger charge is -2.12. The molecule has 1 aromatic carbocycles. The Kier molecular flexibility index (Phi) is 6.54. The Labute approximate surface area is 123 Å². The minimum Gasteiger partial charge on any atom is -0.383 e. The van der Waals surface area contributed by atoms with Crippen molar-refractivity contribution in [2.75, 3.05) is 19.4 Å². The number of benzene rings is 1. The molecule has 20 heavy (non-hydrogen) atoms. The van der Waals surface area contributed by atoms with Crippen molar-refractivity contribution >= 4 is 28.6 Å². The summed E-state index contributed by atoms with van der Waals surface area (Å²) in [5.74, 6) is -0.423. The van der Waals surface area contributed by atoms with Gasteiger partial charge in [-0.2, -0.15) is 0 Å². The highest BCUT2D eigenvalue weighted by atomic mass is 32.2. The van der Waals surface area contributed by atoms with Crippen LogP contribution in [0.4, 0.5) is 10.5 Å². The first kappa shape index (κ1) is 16.5. The number of aliphatic hydroxyl groups excluding tert-OH is 1. The minimum atomic E-state index is -1.00. The van der Waals surface area contributed by atoms with Crippen LogP contribution in [0.1, 0.15) is 19.8 Å². The molecule has 2 amide bonds. The third kappa shape index (κ3) is 5.22. The number of anilines is 1. The van der Waals surface area contributed by atoms with E-state index >= 15 is 0 Å². The molecule has 0 aliphatic carbocycles. The van der Waals surface area contributed by atoms with E-state index < -0.39 is 12.0 Å². The smallest absolute Gasteiger partial charge is 0.285 e. The maximum Gasteiger partial charge on any atom is 0.285 e. The summed E-state index contributed by atoms with van der Waals surface area (Å²) in [7, 11) is 3.37. The standard InChI is InChI=1S/C14H20N2O3S/c1-4-6-12(17)13(18)15-10-7-5-8-11(9-10)20-14(19)16(2)3/h5,7-9,12,17H,4,6H2,1-3H3,(H,15,18). The van der Waals surface area contributed by atoms with Gasteiger partial charge >= 0.3 is 0 Å². The average Bonchev–Trinajstić information content (AvgIpc) is 2.39. The fourth-order valence-corrected chi connectivity index (χ4v) is 2.18. The average molecular weight is 296 g/mol. The van der Waals surface area contributed by atoms with Gasteiger partial charge < -0.3 is 15.3 Å². The van der Waals surface area contributed by atoms with Crippen LogP contribution in [0.2, 0.25) is 0 Å². The Bertz CT molecular complexity index is 477. The van der Waals surface area contributed by atoms with E-state index in [0.717, 1.165) is 23.1 Å². The summed E-state index contributed by atoms with van der Waals surface area (Å²) in [6.07, 6.45) is 0.168. The zero-order chi connectivity index (χ0) is 15.1. The molecule has 0 aromatic heterocycles. The van der Waals surface area contributed by atoms with Gasteiger partial charge in [-0.25, -0.2) is 0 Å². The summed E-state index contributed by atoms with van der Waals surface area (Å²) < 4.78 is 0. The lowest BCUT2D eigenvalue weighted by atomic mass is 10.2. The predicted molar refractivity (Wildman–Crippen MR) is 80.9 cm³/mol. The zero-order valence-corrected chi connectivity index (χ0v) is 12.7. The number of carbonyl (C=O) groups excluding carboxylic acids is 2. The van der Waals surface area contributed by atoms with Crippen molar-refractivity contribution in [1.29, 1.82) is 0 Å². The van der Waals surface area contributed by atoms with Crippen molar-refractivity contribution < 1.29 is 14.7 Å². The van der Waals surface area contributed by atoms with Gasteiger partial charge in [0, 0.05) is 24.7 Å². The Balaban J connectivity index is 2.68. The van der Waals surface area contributed by atoms with Gasteiger partial charge in [0.05, 0.1) is 0 Å². The van der Waals surface area contributed by atoms with E-state index in [4.69, 9.17) is 0 Å². The first-order chi connectivity index (χ1) is 9.43. The van der Waals surface area contributed by atoms with Gasteiger partial charge in [-0.3, -0.25) is 9.59 Å². The first-order valence-corrected chi connectivity index (χ1v) is 7.23. The van der Waals surface area contributed by atoms with E-state index in [9.17, 15) is 14.7 Å². The molecule has 0 aliphatic heterocycles. The van der Waals surface area contributed by atoms with Gasteiger partial charge in [0.25, 0.3) is 11.1 Å². The molecule has 1 unspecified atom stereocenters. The van der Waals surface area contributed by atoms with Gasteiger partial charge in [-0.1, -0.05) is 19.4 Å². The number of aliphatic hydroxyl groups is 1. The number of thioether (sulfide) groups is 1. The van der Waals surface area contributed by atoms with Gasteiger partial charge in [-0.15, -0.1) is 0 Å². The lowest BCUT2D eigenvalue weighted by molar-refractivity contribution is -0.124. The number of carbonyl (C=O) groups is 2. The molecule has 110 valence electrons. The Hall–Kier alpha value is -1.53. The summed E-state index contributed by atoms with van der Waals surface area (Å²) in [4.78, 5) is 25.5. The number of rotatable bonds is 5. The fraction of sp³-hybridized carbons (Fsp3) is 0.429. The summed E-state index contributed by atoms with van der Waals surface area (Å²) in [6.45, 7) is 1.90. The maximum absolute atomic E-state index is 11.7. The third-order valence-electron chi connectivity index (χ3n) is 2.54. The van der Waals surface area contributed by atoms with Crippen molar-refractivity contribution in [3.63, 3.8) is 0 Å². The number of hydrogen-bond donors (Lipinski definition) is 2. The number of amides is 2. The van der Waals surface area contributed by atoms with Gasteiger partial charge in [-0.05, 0) is 36.4 Å². The second-order valence-corrected chi connectivity index (χ2v) is 5.61. The molecule has 0 fully saturated rings. The third-order valence-corrected chi connectivity index (χ3v) is 3.57. The molecule has 1 rings (SSSR count). The topological polar surface area (TPSA) is 69.6 Å². The van der Waals surface area contributed by atoms with E-state index in [1.807, 2.05) is 6.92 Å². The normalized spacial score (nSPS) is 11.8. The Morgan fingerprint density at radius 3 is 2.70 bits per heavy atom. The molecule has 2 N–H and O–H groups in total. The highest BCUT2D eigenvalue weighted by Crippen LogP contribution is 2.23. The summed E-state index contributed by atoms with van der Waals surface area (Å²) in [5.41, 5.74) is 0.571. The van der Waals surface area contributed by atoms with E-state index in [0.29, 0.717) is 12.1 Å². The van der Waals surface area contributed by atoms with Crippen molar-refractivity contribution in [3.8, 4) is 0 Å². The maximum atomic E-state index is 11.7. The van der Waals surface area contributed by atoms with Gasteiger partial charge in [0.15, 0.2) is 0 Å². The molecule has 1 atom stereocenters. The molecule has 0 bridgehead atoms. The summed E-state index contributed by atoms with van der Waals surface area (Å²) in [6, 6.07) is 6.99. The SMILES string of the molecule is CCCC(O)C(=O)Nc1cccc(SC(=O)N(C)C)c1. The molecule has 5 nitrogen and oxygen atoms in total. The number of hydrogen-bond acceptors (Lipinski definition) is 4. The molecule has 0 saturated carbocycles. The van der Waals surface area contributed by atoms with E-state index in [1.165, 1.54) is 4.90 Å². The number of nitrogens with one attached hydrogen (secondary N) is 1. The van der Waals surface area contributed by atoms with E-state index in [-0.39, 0.29) is 5.24 Å². The molecule has 1 aromatic rings. The van der Waals surface area contributed by atoms with Crippen LogP contribution in [-0.2, 0) is 4.79 Å². The van der Waals surface area contributed by atoms with Crippen LogP contribution in [0, 0.1) is 0 Å². The van der Waals surface area contributed by atoms with Crippen LogP contribution in [0.25, 0.3) is 0 Å². The lowest BCUT2D eigenvalue weighted by Crippen LogP contribution is -2.27. The van der Waals surface area contributed by atoms with Gasteiger partial charge in [0.1, 0.15) is 6.10 Å². The molecule has 0 saturated heterocycles. The second kappa shape index (κ2) is 7.91. The van der Waals surface area contributed by atoms with E-state index in [1.54, 1.807) is 38.4 Å². The highest BCUT2D eigenvalue weighted by Gasteiger charge is 2.14. The molecule has 0 aliphatic rings. The zero-order valence-electron chi connectivity index (χ0n) is 11.9. The minimum absolute atomic E-state index is 0.0838. The summed E-state index contributed by atoms with van der Waals surface area (Å²) in [5, 5.41) is 12.1. The molecule has 6 heteroatoms. The highest BCUT2D eigenvalue weighted by molar-refractivity contribution is 8.13. The molecule has 0 spiro atoms. The molecular weight excluding hydrogens is 276 g/mol. The Morgan fingerprint density at radius 1 is 1.40 bits per heavy atom. The van der Waals surface area contributed by atoms with Crippen LogP contribution in [-0.4, -0.2) is 41.4 Å². The first-order valence-electron chi connectivity index (χ1n) is 6.42. The van der Waals surface area contributed by atoms with Crippen LogP contribution < -0.4 is 5.32 Å². The molecule has 0 radical (unpaired) electrons. The quantitative estimate of drug-likeness (QED) is 0.819. The van der Waals surface area contributed by atoms with Crippen LogP contribution >= 0.6 is 11.8 Å². The monoisotopic (exact) mass is 296 g/mol. The van der Waals surface area contributed by atoms with Crippen molar-refractivity contribution in [2.45, 2.75) is 30.8 Å².